The third kappa shape index (κ3) is 1.99. The summed E-state index contributed by atoms with van der Waals surface area (Å²) in [6.07, 6.45) is 2.31. The molecule has 0 radical (unpaired) electrons. The van der Waals surface area contributed by atoms with Gasteiger partial charge in [-0.05, 0) is 50.9 Å². The number of nitrogens with zero attached hydrogens (tertiary/aromatic N) is 1. The maximum atomic E-state index is 13.2. The van der Waals surface area contributed by atoms with Crippen LogP contribution in [0.1, 0.15) is 45.2 Å². The Labute approximate surface area is 97.3 Å². The highest BCUT2D eigenvalue weighted by Gasteiger charge is 2.38. The standard InChI is InChI=1S/C14H20FN/c1-4-16-13(8-9-14(16,2)3)11-6-5-7-12(15)10-11/h5-7,10,13H,4,8-9H2,1-3H3. The van der Waals surface area contributed by atoms with Crippen LogP contribution in [0.2, 0.25) is 0 Å². The van der Waals surface area contributed by atoms with Gasteiger partial charge in [-0.3, -0.25) is 4.90 Å². The van der Waals surface area contributed by atoms with Crippen molar-refractivity contribution in [2.45, 2.75) is 45.2 Å². The minimum absolute atomic E-state index is 0.127. The summed E-state index contributed by atoms with van der Waals surface area (Å²) in [4.78, 5) is 2.47. The minimum Gasteiger partial charge on any atom is -0.291 e. The molecule has 88 valence electrons. The largest absolute Gasteiger partial charge is 0.291 e. The number of likely N-dealkylation sites (tertiary alicyclic amines) is 1. The molecule has 1 aromatic rings. The molecule has 0 bridgehead atoms. The molecule has 0 saturated carbocycles. The van der Waals surface area contributed by atoms with Gasteiger partial charge in [-0.15, -0.1) is 0 Å². The zero-order valence-electron chi connectivity index (χ0n) is 10.3. The Morgan fingerprint density at radius 3 is 2.81 bits per heavy atom. The molecule has 0 spiro atoms. The van der Waals surface area contributed by atoms with Gasteiger partial charge in [0.1, 0.15) is 5.82 Å². The molecule has 2 rings (SSSR count). The van der Waals surface area contributed by atoms with Gasteiger partial charge in [0.15, 0.2) is 0 Å². The van der Waals surface area contributed by atoms with Gasteiger partial charge < -0.3 is 0 Å². The van der Waals surface area contributed by atoms with E-state index < -0.39 is 0 Å². The normalized spacial score (nSPS) is 24.9. The van der Waals surface area contributed by atoms with Crippen LogP contribution < -0.4 is 0 Å². The van der Waals surface area contributed by atoms with Crippen LogP contribution in [0.3, 0.4) is 0 Å². The van der Waals surface area contributed by atoms with Crippen LogP contribution in [0.15, 0.2) is 24.3 Å². The van der Waals surface area contributed by atoms with Crippen molar-refractivity contribution in [1.29, 1.82) is 0 Å². The first-order chi connectivity index (χ1) is 7.54. The Kier molecular flexibility index (Phi) is 3.02. The summed E-state index contributed by atoms with van der Waals surface area (Å²) >= 11 is 0. The van der Waals surface area contributed by atoms with Gasteiger partial charge in [0.05, 0.1) is 0 Å². The Morgan fingerprint density at radius 1 is 1.44 bits per heavy atom. The molecule has 16 heavy (non-hydrogen) atoms. The maximum Gasteiger partial charge on any atom is 0.123 e. The van der Waals surface area contributed by atoms with E-state index in [2.05, 4.69) is 25.7 Å². The molecule has 0 aromatic heterocycles. The molecule has 1 aromatic carbocycles. The average molecular weight is 221 g/mol. The van der Waals surface area contributed by atoms with Gasteiger partial charge in [0, 0.05) is 11.6 Å². The molecule has 1 saturated heterocycles. The SMILES string of the molecule is CCN1C(c2cccc(F)c2)CCC1(C)C. The first kappa shape index (κ1) is 11.6. The average Bonchev–Trinajstić information content (AvgIpc) is 2.53. The van der Waals surface area contributed by atoms with Gasteiger partial charge in [-0.1, -0.05) is 19.1 Å². The monoisotopic (exact) mass is 221 g/mol. The second kappa shape index (κ2) is 4.17. The Hall–Kier alpha value is -0.890. The topological polar surface area (TPSA) is 3.24 Å². The number of halogens is 1. The summed E-state index contributed by atoms with van der Waals surface area (Å²) in [6.45, 7) is 7.75. The van der Waals surface area contributed by atoms with Crippen molar-refractivity contribution >= 4 is 0 Å². The fourth-order valence-electron chi connectivity index (χ4n) is 2.92. The van der Waals surface area contributed by atoms with Crippen LogP contribution in [0, 0.1) is 5.82 Å². The van der Waals surface area contributed by atoms with Crippen molar-refractivity contribution in [3.05, 3.63) is 35.6 Å². The third-order valence-electron chi connectivity index (χ3n) is 3.76. The predicted molar refractivity (Wildman–Crippen MR) is 64.8 cm³/mol. The molecule has 1 heterocycles. The molecular weight excluding hydrogens is 201 g/mol. The first-order valence-corrected chi connectivity index (χ1v) is 6.07. The summed E-state index contributed by atoms with van der Waals surface area (Å²) in [6, 6.07) is 7.42. The Morgan fingerprint density at radius 2 is 2.19 bits per heavy atom. The van der Waals surface area contributed by atoms with Gasteiger partial charge in [0.25, 0.3) is 0 Å². The van der Waals surface area contributed by atoms with Crippen molar-refractivity contribution in [1.82, 2.24) is 4.90 Å². The molecule has 0 amide bonds. The van der Waals surface area contributed by atoms with Crippen LogP contribution in [-0.2, 0) is 0 Å². The van der Waals surface area contributed by atoms with Gasteiger partial charge >= 0.3 is 0 Å². The fraction of sp³-hybridized carbons (Fsp3) is 0.571. The quantitative estimate of drug-likeness (QED) is 0.735. The van der Waals surface area contributed by atoms with Gasteiger partial charge in [0.2, 0.25) is 0 Å². The molecule has 1 aliphatic rings. The minimum atomic E-state index is -0.127. The van der Waals surface area contributed by atoms with E-state index in [-0.39, 0.29) is 11.4 Å². The van der Waals surface area contributed by atoms with Crippen molar-refractivity contribution in [3.8, 4) is 0 Å². The highest BCUT2D eigenvalue weighted by Crippen LogP contribution is 2.41. The smallest absolute Gasteiger partial charge is 0.123 e. The molecule has 2 heteroatoms. The first-order valence-electron chi connectivity index (χ1n) is 6.07. The third-order valence-corrected chi connectivity index (χ3v) is 3.76. The second-order valence-electron chi connectivity index (χ2n) is 5.21. The summed E-state index contributed by atoms with van der Waals surface area (Å²) in [5, 5.41) is 0. The molecule has 1 aliphatic heterocycles. The van der Waals surface area contributed by atoms with Gasteiger partial charge in [-0.2, -0.15) is 0 Å². The highest BCUT2D eigenvalue weighted by molar-refractivity contribution is 5.22. The highest BCUT2D eigenvalue weighted by atomic mass is 19.1. The lowest BCUT2D eigenvalue weighted by Crippen LogP contribution is -2.39. The lowest BCUT2D eigenvalue weighted by Gasteiger charge is -2.35. The van der Waals surface area contributed by atoms with E-state index in [4.69, 9.17) is 0 Å². The summed E-state index contributed by atoms with van der Waals surface area (Å²) < 4.78 is 13.2. The lowest BCUT2D eigenvalue weighted by molar-refractivity contribution is 0.137. The maximum absolute atomic E-state index is 13.2. The Bertz CT molecular complexity index is 373. The van der Waals surface area contributed by atoms with E-state index >= 15 is 0 Å². The zero-order chi connectivity index (χ0) is 11.8. The molecule has 1 unspecified atom stereocenters. The van der Waals surface area contributed by atoms with E-state index in [1.54, 1.807) is 6.07 Å². The molecule has 0 N–H and O–H groups in total. The van der Waals surface area contributed by atoms with Crippen LogP contribution in [0.25, 0.3) is 0 Å². The Balaban J connectivity index is 2.28. The van der Waals surface area contributed by atoms with E-state index in [1.165, 1.54) is 12.5 Å². The van der Waals surface area contributed by atoms with E-state index in [0.29, 0.717) is 6.04 Å². The van der Waals surface area contributed by atoms with Crippen molar-refractivity contribution in [2.75, 3.05) is 6.54 Å². The molecule has 0 aliphatic carbocycles. The number of benzene rings is 1. The van der Waals surface area contributed by atoms with Crippen LogP contribution in [-0.4, -0.2) is 17.0 Å². The van der Waals surface area contributed by atoms with Crippen molar-refractivity contribution < 1.29 is 4.39 Å². The zero-order valence-corrected chi connectivity index (χ0v) is 10.3. The molecular formula is C14H20FN. The molecule has 1 nitrogen and oxygen atoms in total. The summed E-state index contributed by atoms with van der Waals surface area (Å²) in [7, 11) is 0. The van der Waals surface area contributed by atoms with E-state index in [1.807, 2.05) is 12.1 Å². The number of hydrogen-bond acceptors (Lipinski definition) is 1. The van der Waals surface area contributed by atoms with Gasteiger partial charge in [-0.25, -0.2) is 4.39 Å². The van der Waals surface area contributed by atoms with E-state index in [9.17, 15) is 4.39 Å². The number of hydrogen-bond donors (Lipinski definition) is 0. The van der Waals surface area contributed by atoms with Crippen molar-refractivity contribution in [3.63, 3.8) is 0 Å². The number of rotatable bonds is 2. The van der Waals surface area contributed by atoms with Crippen LogP contribution in [0.4, 0.5) is 4.39 Å². The molecule has 1 fully saturated rings. The predicted octanol–water partition coefficient (Wildman–Crippen LogP) is 3.76. The second-order valence-corrected chi connectivity index (χ2v) is 5.21. The summed E-state index contributed by atoms with van der Waals surface area (Å²) in [5.41, 5.74) is 1.36. The van der Waals surface area contributed by atoms with Crippen LogP contribution in [0.5, 0.6) is 0 Å². The van der Waals surface area contributed by atoms with Crippen LogP contribution >= 0.6 is 0 Å². The van der Waals surface area contributed by atoms with E-state index in [0.717, 1.165) is 18.5 Å². The van der Waals surface area contributed by atoms with Crippen molar-refractivity contribution in [2.24, 2.45) is 0 Å². The lowest BCUT2D eigenvalue weighted by atomic mass is 10.0. The fourth-order valence-corrected chi connectivity index (χ4v) is 2.92. The summed E-state index contributed by atoms with van der Waals surface area (Å²) in [5.74, 6) is -0.127. The molecule has 1 atom stereocenters.